The molecule has 0 spiro atoms. The summed E-state index contributed by atoms with van der Waals surface area (Å²) in [7, 11) is -1.95. The molecule has 176 valence electrons. The lowest BCUT2D eigenvalue weighted by Gasteiger charge is -2.11. The van der Waals surface area contributed by atoms with Crippen LogP contribution in [-0.2, 0) is 22.0 Å². The summed E-state index contributed by atoms with van der Waals surface area (Å²) < 4.78 is 34.1. The van der Waals surface area contributed by atoms with E-state index in [2.05, 4.69) is 6.92 Å². The van der Waals surface area contributed by atoms with E-state index in [-0.39, 0.29) is 5.75 Å². The predicted octanol–water partition coefficient (Wildman–Crippen LogP) is 6.17. The summed E-state index contributed by atoms with van der Waals surface area (Å²) in [5.74, 6) is 0.534. The summed E-state index contributed by atoms with van der Waals surface area (Å²) in [5, 5.41) is 4.82. The van der Waals surface area contributed by atoms with E-state index in [1.165, 1.54) is 0 Å². The van der Waals surface area contributed by atoms with Gasteiger partial charge in [0.2, 0.25) is 0 Å². The molecule has 0 unspecified atom stereocenters. The molecule has 1 aromatic heterocycles. The highest BCUT2D eigenvalue weighted by atomic mass is 32.2. The van der Waals surface area contributed by atoms with Crippen molar-refractivity contribution < 1.29 is 13.2 Å². The number of sulfone groups is 1. The van der Waals surface area contributed by atoms with E-state index >= 15 is 0 Å². The molecule has 34 heavy (non-hydrogen) atoms. The fraction of sp³-hybridized carbons (Fsp3) is 0.250. The van der Waals surface area contributed by atoms with Gasteiger partial charge in [-0.3, -0.25) is 0 Å². The first-order valence-electron chi connectivity index (χ1n) is 11.5. The Labute approximate surface area is 202 Å². The fourth-order valence-electron chi connectivity index (χ4n) is 4.04. The standard InChI is InChI=1S/C28H30N2O3S/c1-4-5-11-22-15-17-24(18-16-22)34(31,32)20-23-19-26(25-12-7-9-14-28(25)33-3)29-30(23)27-13-8-6-10-21(27)2/h6-10,12-19H,4-5,11,20H2,1-3H3. The molecule has 0 bridgehead atoms. The number of para-hydroxylation sites is 2. The van der Waals surface area contributed by atoms with Crippen molar-refractivity contribution in [3.05, 3.63) is 95.7 Å². The summed E-state index contributed by atoms with van der Waals surface area (Å²) in [4.78, 5) is 0.323. The third-order valence-corrected chi connectivity index (χ3v) is 7.62. The normalized spacial score (nSPS) is 11.5. The molecule has 5 nitrogen and oxygen atoms in total. The average molecular weight is 475 g/mol. The monoisotopic (exact) mass is 474 g/mol. The van der Waals surface area contributed by atoms with Crippen molar-refractivity contribution in [3.63, 3.8) is 0 Å². The van der Waals surface area contributed by atoms with Crippen LogP contribution in [0.1, 0.15) is 36.6 Å². The second-order valence-corrected chi connectivity index (χ2v) is 10.4. The summed E-state index contributed by atoms with van der Waals surface area (Å²) in [6.07, 6.45) is 3.16. The molecule has 0 aliphatic rings. The highest BCUT2D eigenvalue weighted by molar-refractivity contribution is 7.90. The third kappa shape index (κ3) is 5.07. The first-order chi connectivity index (χ1) is 16.4. The molecule has 0 amide bonds. The van der Waals surface area contributed by atoms with Crippen LogP contribution in [0.15, 0.2) is 83.8 Å². The molecule has 0 atom stereocenters. The number of aryl methyl sites for hydroxylation is 2. The smallest absolute Gasteiger partial charge is 0.184 e. The minimum absolute atomic E-state index is 0.155. The summed E-state index contributed by atoms with van der Waals surface area (Å²) in [5.41, 5.74) is 5.10. The number of ether oxygens (including phenoxy) is 1. The Bertz CT molecular complexity index is 1370. The molecule has 0 radical (unpaired) electrons. The first-order valence-corrected chi connectivity index (χ1v) is 13.2. The van der Waals surface area contributed by atoms with Crippen LogP contribution in [0.2, 0.25) is 0 Å². The van der Waals surface area contributed by atoms with E-state index in [9.17, 15) is 8.42 Å². The lowest BCUT2D eigenvalue weighted by molar-refractivity contribution is 0.416. The number of methoxy groups -OCH3 is 1. The van der Waals surface area contributed by atoms with Crippen LogP contribution in [0.5, 0.6) is 5.75 Å². The number of hydrogen-bond acceptors (Lipinski definition) is 4. The van der Waals surface area contributed by atoms with E-state index < -0.39 is 9.84 Å². The third-order valence-electron chi connectivity index (χ3n) is 5.95. The zero-order valence-electron chi connectivity index (χ0n) is 19.9. The van der Waals surface area contributed by atoms with Crippen LogP contribution in [0.25, 0.3) is 16.9 Å². The number of benzene rings is 3. The van der Waals surface area contributed by atoms with Crippen molar-refractivity contribution in [2.24, 2.45) is 0 Å². The van der Waals surface area contributed by atoms with Gasteiger partial charge in [0.15, 0.2) is 9.84 Å². The lowest BCUT2D eigenvalue weighted by atomic mass is 10.1. The van der Waals surface area contributed by atoms with Gasteiger partial charge in [-0.25, -0.2) is 13.1 Å². The molecule has 4 rings (SSSR count). The van der Waals surface area contributed by atoms with Gasteiger partial charge in [0.1, 0.15) is 5.75 Å². The SMILES string of the molecule is CCCCc1ccc(S(=O)(=O)Cc2cc(-c3ccccc3OC)nn2-c2ccccc2C)cc1. The van der Waals surface area contributed by atoms with Crippen LogP contribution < -0.4 is 4.74 Å². The van der Waals surface area contributed by atoms with Crippen LogP contribution >= 0.6 is 0 Å². The van der Waals surface area contributed by atoms with E-state index in [0.29, 0.717) is 22.0 Å². The highest BCUT2D eigenvalue weighted by Gasteiger charge is 2.22. The van der Waals surface area contributed by atoms with Gasteiger partial charge < -0.3 is 4.74 Å². The number of rotatable bonds is 9. The summed E-state index contributed by atoms with van der Waals surface area (Å²) in [6.45, 7) is 4.14. The highest BCUT2D eigenvalue weighted by Crippen LogP contribution is 2.31. The molecule has 1 heterocycles. The number of unbranched alkanes of at least 4 members (excludes halogenated alkanes) is 1. The van der Waals surface area contributed by atoms with Crippen molar-refractivity contribution in [1.82, 2.24) is 9.78 Å². The molecule has 0 aliphatic heterocycles. The van der Waals surface area contributed by atoms with Crippen molar-refractivity contribution in [2.45, 2.75) is 43.8 Å². The van der Waals surface area contributed by atoms with Crippen molar-refractivity contribution in [3.8, 4) is 22.7 Å². The molecule has 0 fully saturated rings. The number of nitrogens with zero attached hydrogens (tertiary/aromatic N) is 2. The lowest BCUT2D eigenvalue weighted by Crippen LogP contribution is -2.11. The summed E-state index contributed by atoms with van der Waals surface area (Å²) >= 11 is 0. The fourth-order valence-corrected chi connectivity index (χ4v) is 5.35. The largest absolute Gasteiger partial charge is 0.496 e. The predicted molar refractivity (Wildman–Crippen MR) is 136 cm³/mol. The van der Waals surface area contributed by atoms with Gasteiger partial charge in [-0.05, 0) is 67.3 Å². The molecule has 0 saturated heterocycles. The average Bonchev–Trinajstić information content (AvgIpc) is 3.25. The first kappa shape index (κ1) is 23.8. The quantitative estimate of drug-likeness (QED) is 0.291. The van der Waals surface area contributed by atoms with Crippen molar-refractivity contribution >= 4 is 9.84 Å². The molecule has 6 heteroatoms. The van der Waals surface area contributed by atoms with Crippen molar-refractivity contribution in [2.75, 3.05) is 7.11 Å². The molecule has 0 saturated carbocycles. The number of aromatic nitrogens is 2. The Morgan fingerprint density at radius 3 is 2.35 bits per heavy atom. The van der Waals surface area contributed by atoms with Crippen LogP contribution in [0, 0.1) is 6.92 Å². The minimum atomic E-state index is -3.57. The summed E-state index contributed by atoms with van der Waals surface area (Å²) in [6, 6.07) is 24.6. The van der Waals surface area contributed by atoms with Crippen LogP contribution in [0.4, 0.5) is 0 Å². The molecular weight excluding hydrogens is 444 g/mol. The van der Waals surface area contributed by atoms with E-state index in [0.717, 1.165) is 41.6 Å². The Balaban J connectivity index is 1.76. The number of hydrogen-bond donors (Lipinski definition) is 0. The topological polar surface area (TPSA) is 61.2 Å². The van der Waals surface area contributed by atoms with Crippen molar-refractivity contribution in [1.29, 1.82) is 0 Å². The zero-order chi connectivity index (χ0) is 24.1. The maximum absolute atomic E-state index is 13.4. The van der Waals surface area contributed by atoms with Gasteiger partial charge in [-0.15, -0.1) is 0 Å². The van der Waals surface area contributed by atoms with E-state index in [1.807, 2.05) is 73.7 Å². The Hall–Kier alpha value is -3.38. The Morgan fingerprint density at radius 2 is 1.65 bits per heavy atom. The van der Waals surface area contributed by atoms with Gasteiger partial charge in [0, 0.05) is 5.56 Å². The second-order valence-electron chi connectivity index (χ2n) is 8.43. The van der Waals surface area contributed by atoms with Gasteiger partial charge in [0.05, 0.1) is 34.8 Å². The van der Waals surface area contributed by atoms with Gasteiger partial charge in [0.25, 0.3) is 0 Å². The molecule has 3 aromatic carbocycles. The zero-order valence-corrected chi connectivity index (χ0v) is 20.7. The second kappa shape index (κ2) is 10.3. The Morgan fingerprint density at radius 1 is 0.941 bits per heavy atom. The van der Waals surface area contributed by atoms with Gasteiger partial charge in [-0.1, -0.05) is 55.8 Å². The molecular formula is C28H30N2O3S. The Kier molecular flexibility index (Phi) is 7.17. The van der Waals surface area contributed by atoms with Crippen LogP contribution in [0.3, 0.4) is 0 Å². The maximum Gasteiger partial charge on any atom is 0.184 e. The molecule has 4 aromatic rings. The van der Waals surface area contributed by atoms with E-state index in [1.54, 1.807) is 23.9 Å². The molecule has 0 N–H and O–H groups in total. The van der Waals surface area contributed by atoms with E-state index in [4.69, 9.17) is 9.84 Å². The maximum atomic E-state index is 13.4. The van der Waals surface area contributed by atoms with Gasteiger partial charge in [-0.2, -0.15) is 5.10 Å². The minimum Gasteiger partial charge on any atom is -0.496 e. The van der Waals surface area contributed by atoms with Gasteiger partial charge >= 0.3 is 0 Å². The molecule has 0 aliphatic carbocycles. The van der Waals surface area contributed by atoms with Crippen LogP contribution in [-0.4, -0.2) is 25.3 Å².